The van der Waals surface area contributed by atoms with Crippen LogP contribution in [0.25, 0.3) is 33.3 Å². The van der Waals surface area contributed by atoms with E-state index in [4.69, 9.17) is 20.2 Å². The number of pyridine rings is 1. The maximum Gasteiger partial charge on any atom is 0.302 e. The number of methoxy groups -OCH3 is 1. The number of fused-ring (bicyclic) bond motifs is 1. The summed E-state index contributed by atoms with van der Waals surface area (Å²) in [4.78, 5) is 74.9. The van der Waals surface area contributed by atoms with Gasteiger partial charge in [-0.25, -0.2) is 5.43 Å². The predicted molar refractivity (Wildman–Crippen MR) is 260 cm³/mol. The average molecular weight is 919 g/mol. The zero-order valence-electron chi connectivity index (χ0n) is 40.8. The van der Waals surface area contributed by atoms with Gasteiger partial charge in [-0.3, -0.25) is 34.0 Å². The number of likely N-dealkylation sites (N-methyl/N-ethyl adjacent to an activating group) is 1. The van der Waals surface area contributed by atoms with Gasteiger partial charge in [0.25, 0.3) is 5.91 Å². The summed E-state index contributed by atoms with van der Waals surface area (Å²) < 4.78 is 13.7. The molecule has 2 aliphatic rings. The molecule has 0 spiro atoms. The monoisotopic (exact) mass is 919 g/mol. The van der Waals surface area contributed by atoms with Gasteiger partial charge in [0, 0.05) is 94.3 Å². The van der Waals surface area contributed by atoms with Gasteiger partial charge >= 0.3 is 5.97 Å². The molecule has 6 rings (SSSR count). The highest BCUT2D eigenvalue weighted by molar-refractivity contribution is 5.96. The van der Waals surface area contributed by atoms with Gasteiger partial charge in [0.05, 0.1) is 30.0 Å². The summed E-state index contributed by atoms with van der Waals surface area (Å²) in [5, 5.41) is 5.73. The predicted octanol–water partition coefficient (Wildman–Crippen LogP) is 5.84. The van der Waals surface area contributed by atoms with Crippen LogP contribution in [-0.4, -0.2) is 119 Å². The molecule has 5 atom stereocenters. The summed E-state index contributed by atoms with van der Waals surface area (Å²) in [7, 11) is 3.26. The fourth-order valence-electron chi connectivity index (χ4n) is 9.66. The molecule has 0 aliphatic carbocycles. The molecule has 15 heteroatoms. The normalized spacial score (nSPS) is 17.8. The van der Waals surface area contributed by atoms with Gasteiger partial charge in [0.2, 0.25) is 17.7 Å². The lowest BCUT2D eigenvalue weighted by Gasteiger charge is -2.35. The highest BCUT2D eigenvalue weighted by Gasteiger charge is 2.42. The lowest BCUT2D eigenvalue weighted by atomic mass is 9.84. The van der Waals surface area contributed by atoms with Gasteiger partial charge in [0.1, 0.15) is 12.1 Å². The van der Waals surface area contributed by atoms with Crippen LogP contribution in [0.15, 0.2) is 73.4 Å². The maximum absolute atomic E-state index is 14.4. The first-order valence-electron chi connectivity index (χ1n) is 23.5. The fraction of sp³-hybridized carbons (Fsp3) is 0.500. The summed E-state index contributed by atoms with van der Waals surface area (Å²) in [6.45, 7) is 19.5. The van der Waals surface area contributed by atoms with Crippen LogP contribution in [0.4, 0.5) is 0 Å². The second-order valence-electron chi connectivity index (χ2n) is 19.2. The van der Waals surface area contributed by atoms with Crippen LogP contribution >= 0.6 is 0 Å². The second-order valence-corrected chi connectivity index (χ2v) is 19.2. The Morgan fingerprint density at radius 3 is 2.45 bits per heavy atom. The number of hydrazine groups is 1. The van der Waals surface area contributed by atoms with Crippen LogP contribution in [0.5, 0.6) is 0 Å². The molecule has 4 aromatic rings. The van der Waals surface area contributed by atoms with E-state index >= 15 is 0 Å². The Morgan fingerprint density at radius 1 is 1.04 bits per heavy atom. The molecule has 1 unspecified atom stereocenters. The van der Waals surface area contributed by atoms with E-state index in [2.05, 4.69) is 73.0 Å². The van der Waals surface area contributed by atoms with E-state index in [9.17, 15) is 24.0 Å². The number of ether oxygens (including phenoxy) is 2. The van der Waals surface area contributed by atoms with E-state index in [1.54, 1.807) is 25.4 Å². The number of aromatic nitrogens is 2. The molecule has 4 amide bonds. The van der Waals surface area contributed by atoms with E-state index in [1.807, 2.05) is 45.0 Å². The van der Waals surface area contributed by atoms with Crippen LogP contribution in [0.2, 0.25) is 0 Å². The minimum atomic E-state index is -0.953. The first-order chi connectivity index (χ1) is 31.9. The number of carbonyl (C=O) groups is 5. The molecule has 4 heterocycles. The highest BCUT2D eigenvalue weighted by Crippen LogP contribution is 2.42. The summed E-state index contributed by atoms with van der Waals surface area (Å²) >= 11 is 0. The first kappa shape index (κ1) is 50.5. The van der Waals surface area contributed by atoms with Crippen molar-refractivity contribution >= 4 is 40.5 Å². The number of rotatable bonds is 18. The molecule has 4 N–H and O–H groups in total. The summed E-state index contributed by atoms with van der Waals surface area (Å²) in [5.74, 6) is -2.69. The number of nitrogens with two attached hydrogens (primary N) is 1. The Balaban J connectivity index is 1.36. The minimum absolute atomic E-state index is 0.132. The van der Waals surface area contributed by atoms with Gasteiger partial charge in [-0.15, -0.1) is 0 Å². The molecule has 67 heavy (non-hydrogen) atoms. The van der Waals surface area contributed by atoms with Crippen molar-refractivity contribution in [3.05, 3.63) is 90.3 Å². The number of esters is 1. The number of nitrogens with zero attached hydrogens (tertiary/aromatic N) is 5. The molecule has 15 nitrogen and oxygen atoms in total. The van der Waals surface area contributed by atoms with Crippen molar-refractivity contribution in [1.29, 1.82) is 0 Å². The highest BCUT2D eigenvalue weighted by atomic mass is 16.5. The lowest BCUT2D eigenvalue weighted by molar-refractivity contribution is -0.146. The Morgan fingerprint density at radius 2 is 1.79 bits per heavy atom. The van der Waals surface area contributed by atoms with Crippen LogP contribution in [0, 0.1) is 17.3 Å². The maximum atomic E-state index is 14.4. The van der Waals surface area contributed by atoms with Crippen molar-refractivity contribution in [2.24, 2.45) is 23.0 Å². The number of likely N-dealkylation sites (tertiary alicyclic amines) is 1. The largest absolute Gasteiger partial charge is 0.465 e. The molecule has 2 aromatic heterocycles. The van der Waals surface area contributed by atoms with Crippen molar-refractivity contribution in [1.82, 2.24) is 35.1 Å². The molecule has 0 radical (unpaired) electrons. The summed E-state index contributed by atoms with van der Waals surface area (Å²) in [6, 6.07) is 16.1. The molecule has 0 bridgehead atoms. The molecule has 2 aromatic carbocycles. The fourth-order valence-corrected chi connectivity index (χ4v) is 9.66. The number of hydrogen-bond donors (Lipinski definition) is 3. The van der Waals surface area contributed by atoms with Crippen molar-refractivity contribution in [2.45, 2.75) is 105 Å². The van der Waals surface area contributed by atoms with Gasteiger partial charge < -0.3 is 34.9 Å². The SMILES string of the molecule is C=CC(=O)N1C[C@@H](N)[C@H](C(=O)N(C)C(C(=O)N[C@@H](Cc2cccc(-c3ccc4c(c3)c(CC(C)(C)COC(C)=O)c(-c3cccnc3[C@H](C)OC)n4CC)c2)C(=O)N2CCCCN2)C(C)C)C1. The third-order valence-electron chi connectivity index (χ3n) is 13.2. The molecular weight excluding hydrogens is 849 g/mol. The molecule has 360 valence electrons. The Hall–Kier alpha value is -5.90. The Bertz CT molecular complexity index is 2460. The molecule has 2 fully saturated rings. The second kappa shape index (κ2) is 21.8. The van der Waals surface area contributed by atoms with E-state index in [1.165, 1.54) is 22.8 Å². The van der Waals surface area contributed by atoms with Crippen LogP contribution in [0.3, 0.4) is 0 Å². The average Bonchev–Trinajstić information content (AvgIpc) is 3.86. The minimum Gasteiger partial charge on any atom is -0.465 e. The van der Waals surface area contributed by atoms with Gasteiger partial charge in [-0.1, -0.05) is 64.6 Å². The van der Waals surface area contributed by atoms with Gasteiger partial charge in [-0.2, -0.15) is 0 Å². The zero-order valence-corrected chi connectivity index (χ0v) is 40.8. The topological polar surface area (TPSA) is 181 Å². The molecule has 2 aliphatic heterocycles. The standard InChI is InChI=1S/C52H70N8O7/c1-11-45(62)58-29-41(42(53)30-58)50(64)57(9)47(32(3)4)49(63)56-43(51(65)60-24-14-13-23-55-60)26-35-17-15-18-36(25-35)37-20-21-44-39(27-37)40(28-52(7,8)31-67-34(6)61)48(59(44)12-2)38-19-16-22-54-46(38)33(5)66-10/h11,15-22,25,27,32-33,41-43,47,55H,1,12-14,23-24,26,28-31,53H2,2-10H3,(H,56,63)/t33-,41+,42+,43-,47?/m0/s1. The van der Waals surface area contributed by atoms with Gasteiger partial charge in [-0.05, 0) is 91.6 Å². The van der Waals surface area contributed by atoms with E-state index < -0.39 is 35.4 Å². The number of hydrogen-bond acceptors (Lipinski definition) is 10. The quantitative estimate of drug-likeness (QED) is 0.0811. The number of aryl methyl sites for hydroxylation is 1. The first-order valence-corrected chi connectivity index (χ1v) is 23.5. The van der Waals surface area contributed by atoms with Crippen molar-refractivity contribution in [2.75, 3.05) is 46.9 Å². The molecular formula is C52H70N8O7. The van der Waals surface area contributed by atoms with Crippen molar-refractivity contribution in [3.63, 3.8) is 0 Å². The molecule has 0 saturated carbocycles. The third kappa shape index (κ3) is 11.5. The van der Waals surface area contributed by atoms with Crippen LogP contribution in [-0.2, 0) is 52.8 Å². The van der Waals surface area contributed by atoms with E-state index in [0.717, 1.165) is 62.9 Å². The molecule has 2 saturated heterocycles. The van der Waals surface area contributed by atoms with Crippen LogP contribution in [0.1, 0.15) is 84.2 Å². The Labute approximate surface area is 395 Å². The smallest absolute Gasteiger partial charge is 0.302 e. The van der Waals surface area contributed by atoms with Crippen molar-refractivity contribution < 1.29 is 33.4 Å². The van der Waals surface area contributed by atoms with E-state index in [0.29, 0.717) is 26.1 Å². The Kier molecular flexibility index (Phi) is 16.4. The van der Waals surface area contributed by atoms with Crippen LogP contribution < -0.4 is 16.5 Å². The number of amides is 4. The van der Waals surface area contributed by atoms with Crippen molar-refractivity contribution in [3.8, 4) is 22.4 Å². The number of carbonyl (C=O) groups excluding carboxylic acids is 5. The summed E-state index contributed by atoms with van der Waals surface area (Å²) in [6.07, 6.45) is 5.28. The van der Waals surface area contributed by atoms with E-state index in [-0.39, 0.29) is 61.8 Å². The number of benzene rings is 2. The zero-order chi connectivity index (χ0) is 48.7. The summed E-state index contributed by atoms with van der Waals surface area (Å²) in [5.41, 5.74) is 16.9. The third-order valence-corrected chi connectivity index (χ3v) is 13.2. The lowest BCUT2D eigenvalue weighted by Crippen LogP contribution is -2.60. The van der Waals surface area contributed by atoms with Gasteiger partial charge in [0.15, 0.2) is 0 Å². The number of nitrogens with one attached hydrogen (secondary N) is 2.